The summed E-state index contributed by atoms with van der Waals surface area (Å²) in [6, 6.07) is 0.812. The Hall–Kier alpha value is 0.270. The molecule has 0 aromatic heterocycles. The van der Waals surface area contributed by atoms with Crippen LogP contribution in [0.4, 0.5) is 0 Å². The third-order valence-electron chi connectivity index (χ3n) is 2.77. The molecule has 1 atom stereocenters. The first kappa shape index (κ1) is 11.3. The zero-order valence-electron chi connectivity index (χ0n) is 8.88. The van der Waals surface area contributed by atoms with E-state index in [1.165, 1.54) is 38.2 Å². The van der Waals surface area contributed by atoms with E-state index in [9.17, 15) is 0 Å². The van der Waals surface area contributed by atoms with E-state index in [-0.39, 0.29) is 0 Å². The molecule has 2 nitrogen and oxygen atoms in total. The molecular formula is C10H22N2S. The Labute approximate surface area is 86.5 Å². The average Bonchev–Trinajstić information content (AvgIpc) is 2.60. The standard InChI is InChI=1S/C10H22N2S/c1-3-12-7-4-5-10(12)9-11-6-8-13-2/h10-11H,3-9H2,1-2H3. The molecule has 78 valence electrons. The van der Waals surface area contributed by atoms with Crippen LogP contribution < -0.4 is 5.32 Å². The van der Waals surface area contributed by atoms with Crippen LogP contribution in [0.5, 0.6) is 0 Å². The second-order valence-electron chi connectivity index (χ2n) is 3.62. The predicted octanol–water partition coefficient (Wildman–Crippen LogP) is 1.42. The van der Waals surface area contributed by atoms with E-state index in [2.05, 4.69) is 23.4 Å². The van der Waals surface area contributed by atoms with E-state index in [0.717, 1.165) is 12.6 Å². The molecule has 1 saturated heterocycles. The Balaban J connectivity index is 2.06. The molecule has 0 amide bonds. The monoisotopic (exact) mass is 202 g/mol. The highest BCUT2D eigenvalue weighted by atomic mass is 32.2. The minimum absolute atomic E-state index is 0.812. The first-order chi connectivity index (χ1) is 6.38. The number of likely N-dealkylation sites (tertiary alicyclic amines) is 1. The number of rotatable bonds is 6. The third-order valence-corrected chi connectivity index (χ3v) is 3.38. The molecule has 0 aliphatic carbocycles. The highest BCUT2D eigenvalue weighted by molar-refractivity contribution is 7.98. The molecular weight excluding hydrogens is 180 g/mol. The van der Waals surface area contributed by atoms with Crippen molar-refractivity contribution in [1.82, 2.24) is 10.2 Å². The summed E-state index contributed by atoms with van der Waals surface area (Å²) in [6.45, 7) is 7.14. The molecule has 13 heavy (non-hydrogen) atoms. The van der Waals surface area contributed by atoms with E-state index in [1.807, 2.05) is 11.8 Å². The first-order valence-electron chi connectivity index (χ1n) is 5.32. The molecule has 1 unspecified atom stereocenters. The van der Waals surface area contributed by atoms with Gasteiger partial charge in [-0.25, -0.2) is 0 Å². The van der Waals surface area contributed by atoms with Crippen LogP contribution in [0.15, 0.2) is 0 Å². The summed E-state index contributed by atoms with van der Waals surface area (Å²) in [5.41, 5.74) is 0. The highest BCUT2D eigenvalue weighted by Gasteiger charge is 2.21. The smallest absolute Gasteiger partial charge is 0.0221 e. The molecule has 3 heteroatoms. The molecule has 1 N–H and O–H groups in total. The van der Waals surface area contributed by atoms with Crippen LogP contribution in [-0.4, -0.2) is 49.1 Å². The summed E-state index contributed by atoms with van der Waals surface area (Å²) in [5.74, 6) is 1.23. The quantitative estimate of drug-likeness (QED) is 0.656. The normalized spacial score (nSPS) is 24.0. The van der Waals surface area contributed by atoms with Gasteiger partial charge in [-0.2, -0.15) is 11.8 Å². The van der Waals surface area contributed by atoms with Gasteiger partial charge in [0.2, 0.25) is 0 Å². The Bertz CT molecular complexity index is 130. The maximum atomic E-state index is 3.53. The lowest BCUT2D eigenvalue weighted by Crippen LogP contribution is -2.38. The van der Waals surface area contributed by atoms with Crippen LogP contribution in [0.2, 0.25) is 0 Å². The van der Waals surface area contributed by atoms with Gasteiger partial charge in [0.25, 0.3) is 0 Å². The van der Waals surface area contributed by atoms with E-state index in [1.54, 1.807) is 0 Å². The minimum atomic E-state index is 0.812. The summed E-state index contributed by atoms with van der Waals surface area (Å²) in [4.78, 5) is 2.59. The molecule has 1 heterocycles. The lowest BCUT2D eigenvalue weighted by Gasteiger charge is -2.22. The maximum Gasteiger partial charge on any atom is 0.0221 e. The van der Waals surface area contributed by atoms with Gasteiger partial charge in [0.1, 0.15) is 0 Å². The first-order valence-corrected chi connectivity index (χ1v) is 6.71. The number of hydrogen-bond acceptors (Lipinski definition) is 3. The molecule has 1 fully saturated rings. The zero-order chi connectivity index (χ0) is 9.52. The predicted molar refractivity (Wildman–Crippen MR) is 61.5 cm³/mol. The van der Waals surface area contributed by atoms with Crippen molar-refractivity contribution in [2.45, 2.75) is 25.8 Å². The minimum Gasteiger partial charge on any atom is -0.314 e. The van der Waals surface area contributed by atoms with Gasteiger partial charge in [0, 0.05) is 24.9 Å². The van der Waals surface area contributed by atoms with E-state index < -0.39 is 0 Å². The lowest BCUT2D eigenvalue weighted by molar-refractivity contribution is 0.261. The van der Waals surface area contributed by atoms with Crippen LogP contribution in [0, 0.1) is 0 Å². The molecule has 0 saturated carbocycles. The lowest BCUT2D eigenvalue weighted by atomic mass is 10.2. The molecule has 1 rings (SSSR count). The van der Waals surface area contributed by atoms with E-state index in [0.29, 0.717) is 0 Å². The Morgan fingerprint density at radius 2 is 2.38 bits per heavy atom. The van der Waals surface area contributed by atoms with E-state index in [4.69, 9.17) is 0 Å². The van der Waals surface area contributed by atoms with Crippen molar-refractivity contribution in [1.29, 1.82) is 0 Å². The van der Waals surface area contributed by atoms with E-state index >= 15 is 0 Å². The van der Waals surface area contributed by atoms with Crippen LogP contribution in [0.1, 0.15) is 19.8 Å². The fourth-order valence-corrected chi connectivity index (χ4v) is 2.33. The van der Waals surface area contributed by atoms with Gasteiger partial charge in [-0.15, -0.1) is 0 Å². The summed E-state index contributed by atoms with van der Waals surface area (Å²) in [5, 5.41) is 3.53. The average molecular weight is 202 g/mol. The Kier molecular flexibility index (Phi) is 5.83. The Morgan fingerprint density at radius 1 is 1.54 bits per heavy atom. The fraction of sp³-hybridized carbons (Fsp3) is 1.00. The van der Waals surface area contributed by atoms with Gasteiger partial charge in [-0.1, -0.05) is 6.92 Å². The number of hydrogen-bond donors (Lipinski definition) is 1. The third kappa shape index (κ3) is 3.88. The van der Waals surface area contributed by atoms with Gasteiger partial charge in [0.15, 0.2) is 0 Å². The summed E-state index contributed by atoms with van der Waals surface area (Å²) in [7, 11) is 0. The summed E-state index contributed by atoms with van der Waals surface area (Å²) in [6.07, 6.45) is 4.94. The topological polar surface area (TPSA) is 15.3 Å². The van der Waals surface area contributed by atoms with Gasteiger partial charge in [-0.05, 0) is 32.2 Å². The molecule has 1 aliphatic heterocycles. The summed E-state index contributed by atoms with van der Waals surface area (Å²) < 4.78 is 0. The van der Waals surface area contributed by atoms with Crippen LogP contribution in [0.3, 0.4) is 0 Å². The molecule has 0 aromatic rings. The second kappa shape index (κ2) is 6.68. The van der Waals surface area contributed by atoms with Gasteiger partial charge in [0.05, 0.1) is 0 Å². The number of nitrogens with zero attached hydrogens (tertiary/aromatic N) is 1. The van der Waals surface area contributed by atoms with Crippen molar-refractivity contribution in [2.24, 2.45) is 0 Å². The highest BCUT2D eigenvalue weighted by Crippen LogP contribution is 2.15. The molecule has 0 spiro atoms. The van der Waals surface area contributed by atoms with Crippen molar-refractivity contribution in [3.63, 3.8) is 0 Å². The van der Waals surface area contributed by atoms with Crippen molar-refractivity contribution in [2.75, 3.05) is 38.2 Å². The molecule has 0 bridgehead atoms. The molecule has 1 aliphatic rings. The zero-order valence-corrected chi connectivity index (χ0v) is 9.70. The SMILES string of the molecule is CCN1CCCC1CNCCSC. The van der Waals surface area contributed by atoms with Crippen LogP contribution in [-0.2, 0) is 0 Å². The molecule has 0 radical (unpaired) electrons. The number of likely N-dealkylation sites (N-methyl/N-ethyl adjacent to an activating group) is 1. The van der Waals surface area contributed by atoms with Crippen molar-refractivity contribution < 1.29 is 0 Å². The maximum absolute atomic E-state index is 3.53. The van der Waals surface area contributed by atoms with Crippen molar-refractivity contribution in [3.05, 3.63) is 0 Å². The largest absolute Gasteiger partial charge is 0.314 e. The molecule has 0 aromatic carbocycles. The summed E-state index contributed by atoms with van der Waals surface area (Å²) >= 11 is 1.91. The van der Waals surface area contributed by atoms with Crippen molar-refractivity contribution >= 4 is 11.8 Å². The fourth-order valence-electron chi connectivity index (χ4n) is 1.99. The van der Waals surface area contributed by atoms with Crippen molar-refractivity contribution in [3.8, 4) is 0 Å². The Morgan fingerprint density at radius 3 is 3.08 bits per heavy atom. The number of thioether (sulfide) groups is 1. The number of nitrogens with one attached hydrogen (secondary N) is 1. The second-order valence-corrected chi connectivity index (χ2v) is 4.61. The van der Waals surface area contributed by atoms with Gasteiger partial charge >= 0.3 is 0 Å². The van der Waals surface area contributed by atoms with Crippen LogP contribution >= 0.6 is 11.8 Å². The van der Waals surface area contributed by atoms with Gasteiger partial charge < -0.3 is 5.32 Å². The van der Waals surface area contributed by atoms with Gasteiger partial charge in [-0.3, -0.25) is 4.90 Å². The van der Waals surface area contributed by atoms with Crippen LogP contribution in [0.25, 0.3) is 0 Å².